The second kappa shape index (κ2) is 4.42. The quantitative estimate of drug-likeness (QED) is 0.567. The van der Waals surface area contributed by atoms with Crippen LogP contribution >= 0.6 is 0 Å². The van der Waals surface area contributed by atoms with Crippen LogP contribution in [0.25, 0.3) is 0 Å². The minimum Gasteiger partial charge on any atom is -0.481 e. The summed E-state index contributed by atoms with van der Waals surface area (Å²) in [6.07, 6.45) is 0.187. The van der Waals surface area contributed by atoms with Crippen LogP contribution in [0.4, 0.5) is 0 Å². The van der Waals surface area contributed by atoms with Gasteiger partial charge < -0.3 is 14.9 Å². The number of likely N-dealkylation sites (N-methyl/N-ethyl adjacent to an activating group) is 2. The summed E-state index contributed by atoms with van der Waals surface area (Å²) in [7, 11) is 7.94. The molecule has 0 heterocycles. The number of hydrogen-bond acceptors (Lipinski definition) is 2. The molecule has 0 spiro atoms. The van der Waals surface area contributed by atoms with Crippen LogP contribution in [-0.4, -0.2) is 56.3 Å². The van der Waals surface area contributed by atoms with E-state index in [0.717, 1.165) is 11.0 Å². The van der Waals surface area contributed by atoms with Crippen molar-refractivity contribution in [2.45, 2.75) is 12.5 Å². The fraction of sp³-hybridized carbons (Fsp3) is 0.875. The van der Waals surface area contributed by atoms with Gasteiger partial charge in [0.25, 0.3) is 0 Å². The molecule has 2 N–H and O–H groups in total. The second-order valence-electron chi connectivity index (χ2n) is 4.06. The molecule has 0 aliphatic rings. The zero-order valence-electron chi connectivity index (χ0n) is 8.29. The van der Waals surface area contributed by atoms with Gasteiger partial charge in [0, 0.05) is 0 Å². The zero-order chi connectivity index (χ0) is 9.78. The molecular weight excluding hydrogens is 156 g/mol. The zero-order valence-corrected chi connectivity index (χ0v) is 8.29. The first-order chi connectivity index (χ1) is 5.35. The lowest BCUT2D eigenvalue weighted by atomic mass is 10.2. The third kappa shape index (κ3) is 6.12. The molecule has 0 aromatic carbocycles. The van der Waals surface area contributed by atoms with Crippen molar-refractivity contribution in [2.75, 3.05) is 34.7 Å². The largest absolute Gasteiger partial charge is 0.481 e. The van der Waals surface area contributed by atoms with Crippen molar-refractivity contribution >= 4 is 5.97 Å². The molecule has 72 valence electrons. The van der Waals surface area contributed by atoms with Gasteiger partial charge in [-0.1, -0.05) is 0 Å². The van der Waals surface area contributed by atoms with Crippen molar-refractivity contribution in [3.8, 4) is 0 Å². The Bertz CT molecular complexity index is 152. The van der Waals surface area contributed by atoms with Gasteiger partial charge in [-0.05, 0) is 7.05 Å². The number of quaternary nitrogens is 1. The lowest BCUT2D eigenvalue weighted by Crippen LogP contribution is -2.46. The number of nitrogens with one attached hydrogen (secondary N) is 1. The highest BCUT2D eigenvalue weighted by Crippen LogP contribution is 1.98. The molecule has 0 saturated carbocycles. The highest BCUT2D eigenvalue weighted by atomic mass is 16.4. The summed E-state index contributed by atoms with van der Waals surface area (Å²) in [6, 6.07) is 0.0579. The molecule has 1 atom stereocenters. The summed E-state index contributed by atoms with van der Waals surface area (Å²) in [6.45, 7) is 0.822. The number of aliphatic carboxylic acids is 1. The Hall–Kier alpha value is -0.610. The molecule has 0 saturated heterocycles. The number of nitrogens with zero attached hydrogens (tertiary/aromatic N) is 1. The van der Waals surface area contributed by atoms with Gasteiger partial charge >= 0.3 is 5.97 Å². The molecule has 0 rings (SSSR count). The van der Waals surface area contributed by atoms with E-state index < -0.39 is 5.97 Å². The van der Waals surface area contributed by atoms with E-state index in [9.17, 15) is 4.79 Å². The van der Waals surface area contributed by atoms with Gasteiger partial charge in [0.1, 0.15) is 0 Å². The van der Waals surface area contributed by atoms with E-state index in [2.05, 4.69) is 5.32 Å². The first-order valence-corrected chi connectivity index (χ1v) is 4.04. The number of carboxylic acid groups (broad SMARTS) is 1. The molecule has 0 radical (unpaired) electrons. The van der Waals surface area contributed by atoms with Crippen LogP contribution < -0.4 is 5.32 Å². The van der Waals surface area contributed by atoms with Gasteiger partial charge in [-0.25, -0.2) is 0 Å². The predicted molar refractivity (Wildman–Crippen MR) is 48.0 cm³/mol. The van der Waals surface area contributed by atoms with Crippen LogP contribution in [0.5, 0.6) is 0 Å². The van der Waals surface area contributed by atoms with Crippen molar-refractivity contribution in [2.24, 2.45) is 0 Å². The van der Waals surface area contributed by atoms with Gasteiger partial charge in [0.2, 0.25) is 0 Å². The molecule has 0 unspecified atom stereocenters. The van der Waals surface area contributed by atoms with Crippen LogP contribution in [0.15, 0.2) is 0 Å². The molecule has 0 bridgehead atoms. The van der Waals surface area contributed by atoms with Gasteiger partial charge in [-0.3, -0.25) is 4.79 Å². The maximum absolute atomic E-state index is 10.4. The molecular formula is C8H19N2O2+. The molecule has 12 heavy (non-hydrogen) atoms. The lowest BCUT2D eigenvalue weighted by Gasteiger charge is -2.28. The molecule has 0 aliphatic heterocycles. The van der Waals surface area contributed by atoms with Gasteiger partial charge in [0.05, 0.1) is 40.2 Å². The number of rotatable bonds is 5. The summed E-state index contributed by atoms with van der Waals surface area (Å²) in [5.74, 6) is -0.747. The van der Waals surface area contributed by atoms with E-state index >= 15 is 0 Å². The predicted octanol–water partition coefficient (Wildman–Crippen LogP) is -0.245. The van der Waals surface area contributed by atoms with Crippen molar-refractivity contribution in [3.63, 3.8) is 0 Å². The summed E-state index contributed by atoms with van der Waals surface area (Å²) < 4.78 is 0.777. The molecule has 0 aromatic rings. The molecule has 4 nitrogen and oxygen atoms in total. The Morgan fingerprint density at radius 3 is 2.25 bits per heavy atom. The third-order valence-electron chi connectivity index (χ3n) is 1.60. The molecule has 4 heteroatoms. The topological polar surface area (TPSA) is 49.3 Å². The second-order valence-corrected chi connectivity index (χ2v) is 4.06. The summed E-state index contributed by atoms with van der Waals surface area (Å²) in [4.78, 5) is 10.4. The minimum absolute atomic E-state index is 0.0579. The van der Waals surface area contributed by atoms with Crippen LogP contribution in [0.1, 0.15) is 6.42 Å². The Morgan fingerprint density at radius 2 is 2.00 bits per heavy atom. The Balaban J connectivity index is 3.92. The third-order valence-corrected chi connectivity index (χ3v) is 1.60. The van der Waals surface area contributed by atoms with E-state index in [-0.39, 0.29) is 12.5 Å². The van der Waals surface area contributed by atoms with Gasteiger partial charge in [-0.15, -0.1) is 0 Å². The van der Waals surface area contributed by atoms with Crippen molar-refractivity contribution in [1.29, 1.82) is 0 Å². The molecule has 0 fully saturated rings. The van der Waals surface area contributed by atoms with Crippen LogP contribution in [0, 0.1) is 0 Å². The summed E-state index contributed by atoms with van der Waals surface area (Å²) >= 11 is 0. The average Bonchev–Trinajstić information content (AvgIpc) is 1.82. The van der Waals surface area contributed by atoms with Crippen molar-refractivity contribution in [3.05, 3.63) is 0 Å². The Morgan fingerprint density at radius 1 is 1.50 bits per heavy atom. The monoisotopic (exact) mass is 175 g/mol. The maximum atomic E-state index is 10.4. The van der Waals surface area contributed by atoms with Crippen LogP contribution in [0.3, 0.4) is 0 Å². The first-order valence-electron chi connectivity index (χ1n) is 4.04. The minimum atomic E-state index is -0.747. The number of carboxylic acids is 1. The standard InChI is InChI=1S/C8H18N2O2/c1-9-7(5-8(11)12)6-10(2,3)4/h7,9H,5-6H2,1-4H3/p+1/t7-/m0/s1. The number of hydrogen-bond donors (Lipinski definition) is 2. The molecule has 0 aliphatic carbocycles. The Kier molecular flexibility index (Phi) is 4.20. The van der Waals surface area contributed by atoms with E-state index in [0.29, 0.717) is 0 Å². The van der Waals surface area contributed by atoms with Crippen molar-refractivity contribution < 1.29 is 14.4 Å². The fourth-order valence-electron chi connectivity index (χ4n) is 1.13. The van der Waals surface area contributed by atoms with Crippen LogP contribution in [-0.2, 0) is 4.79 Å². The SMILES string of the molecule is CN[C@@H](CC(=O)O)C[N+](C)(C)C. The summed E-state index contributed by atoms with van der Waals surface area (Å²) in [5, 5.41) is 11.6. The smallest absolute Gasteiger partial charge is 0.305 e. The summed E-state index contributed by atoms with van der Waals surface area (Å²) in [5.41, 5.74) is 0. The van der Waals surface area contributed by atoms with E-state index in [1.54, 1.807) is 7.05 Å². The Labute approximate surface area is 73.8 Å². The maximum Gasteiger partial charge on any atom is 0.305 e. The van der Waals surface area contributed by atoms with Gasteiger partial charge in [0.15, 0.2) is 0 Å². The highest BCUT2D eigenvalue weighted by molar-refractivity contribution is 5.67. The van der Waals surface area contributed by atoms with Gasteiger partial charge in [-0.2, -0.15) is 0 Å². The van der Waals surface area contributed by atoms with E-state index in [1.807, 2.05) is 21.1 Å². The average molecular weight is 175 g/mol. The lowest BCUT2D eigenvalue weighted by molar-refractivity contribution is -0.871. The van der Waals surface area contributed by atoms with E-state index in [1.165, 1.54) is 0 Å². The highest BCUT2D eigenvalue weighted by Gasteiger charge is 2.18. The molecule has 0 amide bonds. The van der Waals surface area contributed by atoms with Crippen LogP contribution in [0.2, 0.25) is 0 Å². The van der Waals surface area contributed by atoms with E-state index in [4.69, 9.17) is 5.11 Å². The van der Waals surface area contributed by atoms with Crippen molar-refractivity contribution in [1.82, 2.24) is 5.32 Å². The molecule has 0 aromatic heterocycles. The normalized spacial score (nSPS) is 14.3. The number of carbonyl (C=O) groups is 1. The fourth-order valence-corrected chi connectivity index (χ4v) is 1.13. The first kappa shape index (κ1) is 11.4.